The van der Waals surface area contributed by atoms with Crippen LogP contribution in [-0.2, 0) is 31.9 Å². The zero-order valence-corrected chi connectivity index (χ0v) is 74.7. The van der Waals surface area contributed by atoms with Gasteiger partial charge in [-0.3, -0.25) is 38.7 Å². The van der Waals surface area contributed by atoms with Gasteiger partial charge in [0.05, 0.1) is 187 Å². The number of nitrogens with two attached hydrogens (primary N) is 1. The molecule has 0 atom stereocenters. The number of nitrogens with zero attached hydrogens (tertiary/aromatic N) is 20. The van der Waals surface area contributed by atoms with E-state index in [1.54, 1.807) is 111 Å². The zero-order chi connectivity index (χ0) is 89.2. The van der Waals surface area contributed by atoms with Crippen LogP contribution in [0.5, 0.6) is 46.0 Å². The van der Waals surface area contributed by atoms with Gasteiger partial charge in [-0.15, -0.1) is 0 Å². The molecule has 660 valence electrons. The van der Waals surface area contributed by atoms with Crippen LogP contribution in [0.25, 0.3) is 89.2 Å². The maximum absolute atomic E-state index is 5.62. The Bertz CT molecular complexity index is 5970. The molecule has 30 nitrogen and oxygen atoms in total. The SMILES string of the molecule is CCCN(c1cc(OC)cc(OC)c1)c1ccc2ncc(-c3cnn(C)c3)nc2c1.CCCN(c1cc(OC)cc(OC)c1)c1ccc2ncc(-c3cnn(C)c3)nc2c1.COCCn1cc(-c2cnc3ccc(N(CC4CC4)c4cc(OC)cc(OC)c4)cc3n2)cn1.COc1cc(OC)cc(N(CC2CC2)c2ccc3ncc(-c4cnn(CCCN)c4)nc3c2)c1. The summed E-state index contributed by atoms with van der Waals surface area (Å²) in [7, 11) is 18.8. The van der Waals surface area contributed by atoms with Crippen molar-refractivity contribution < 1.29 is 42.6 Å². The van der Waals surface area contributed by atoms with Gasteiger partial charge in [0, 0.05) is 219 Å². The van der Waals surface area contributed by atoms with Crippen LogP contribution in [-0.4, -0.2) is 182 Å². The van der Waals surface area contributed by atoms with Gasteiger partial charge >= 0.3 is 0 Å². The summed E-state index contributed by atoms with van der Waals surface area (Å²) >= 11 is 0. The van der Waals surface area contributed by atoms with E-state index in [2.05, 4.69) is 122 Å². The second-order valence-corrected chi connectivity index (χ2v) is 31.3. The van der Waals surface area contributed by atoms with Gasteiger partial charge in [0.25, 0.3) is 0 Å². The van der Waals surface area contributed by atoms with E-state index in [1.807, 2.05) is 158 Å². The highest BCUT2D eigenvalue weighted by Crippen LogP contribution is 2.43. The number of methoxy groups -OCH3 is 9. The fourth-order valence-corrected chi connectivity index (χ4v) is 14.9. The molecule has 18 rings (SSSR count). The highest BCUT2D eigenvalue weighted by atomic mass is 16.5. The average Bonchev–Trinajstić information content (AvgIpc) is 1.22. The predicted molar refractivity (Wildman–Crippen MR) is 503 cm³/mol. The Kier molecular flexibility index (Phi) is 28.7. The van der Waals surface area contributed by atoms with Crippen molar-refractivity contribution in [1.29, 1.82) is 0 Å². The maximum Gasteiger partial charge on any atom is 0.124 e. The van der Waals surface area contributed by atoms with Gasteiger partial charge in [0.15, 0.2) is 0 Å². The van der Waals surface area contributed by atoms with E-state index in [-0.39, 0.29) is 0 Å². The van der Waals surface area contributed by atoms with Crippen molar-refractivity contribution in [3.05, 3.63) is 220 Å². The van der Waals surface area contributed by atoms with Gasteiger partial charge in [-0.1, -0.05) is 13.8 Å². The Morgan fingerprint density at radius 1 is 0.320 bits per heavy atom. The van der Waals surface area contributed by atoms with Gasteiger partial charge < -0.3 is 68.0 Å². The summed E-state index contributed by atoms with van der Waals surface area (Å²) in [5.74, 6) is 7.46. The Morgan fingerprint density at radius 3 is 0.867 bits per heavy atom. The van der Waals surface area contributed by atoms with E-state index in [0.717, 1.165) is 233 Å². The van der Waals surface area contributed by atoms with Crippen molar-refractivity contribution in [2.24, 2.45) is 31.7 Å². The summed E-state index contributed by atoms with van der Waals surface area (Å²) in [5.41, 5.74) is 27.7. The Morgan fingerprint density at radius 2 is 0.602 bits per heavy atom. The second-order valence-electron chi connectivity index (χ2n) is 31.3. The van der Waals surface area contributed by atoms with E-state index in [1.165, 1.54) is 25.7 Å². The zero-order valence-electron chi connectivity index (χ0n) is 74.7. The lowest BCUT2D eigenvalue weighted by molar-refractivity contribution is 0.183. The molecule has 0 aliphatic heterocycles. The molecule has 2 N–H and O–H groups in total. The third kappa shape index (κ3) is 21.9. The van der Waals surface area contributed by atoms with Crippen LogP contribution in [0.1, 0.15) is 58.8 Å². The number of aromatic nitrogens is 16. The van der Waals surface area contributed by atoms with Crippen LogP contribution >= 0.6 is 0 Å². The fraction of sp³-hybridized carbons (Fsp3) is 0.306. The lowest BCUT2D eigenvalue weighted by atomic mass is 10.1. The molecule has 0 saturated heterocycles. The van der Waals surface area contributed by atoms with Crippen LogP contribution < -0.4 is 63.2 Å². The third-order valence-corrected chi connectivity index (χ3v) is 22.1. The van der Waals surface area contributed by atoms with Crippen LogP contribution in [0.2, 0.25) is 0 Å². The van der Waals surface area contributed by atoms with Crippen LogP contribution in [0.15, 0.2) is 220 Å². The van der Waals surface area contributed by atoms with E-state index < -0.39 is 0 Å². The number of fused-ring (bicyclic) bond motifs is 4. The molecule has 2 fully saturated rings. The molecule has 8 aromatic heterocycles. The Balaban J connectivity index is 0.000000132. The number of hydrogen-bond acceptors (Lipinski definition) is 26. The lowest BCUT2D eigenvalue weighted by Gasteiger charge is -2.26. The van der Waals surface area contributed by atoms with Gasteiger partial charge in [0.1, 0.15) is 46.0 Å². The van der Waals surface area contributed by atoms with E-state index in [4.69, 9.17) is 68.3 Å². The van der Waals surface area contributed by atoms with Crippen LogP contribution in [0, 0.1) is 11.8 Å². The first-order chi connectivity index (χ1) is 62.5. The first kappa shape index (κ1) is 88.3. The quantitative estimate of drug-likeness (QED) is 0.0392. The molecule has 30 heteroatoms. The van der Waals surface area contributed by atoms with Crippen molar-refractivity contribution >= 4 is 89.6 Å². The fourth-order valence-electron chi connectivity index (χ4n) is 14.9. The van der Waals surface area contributed by atoms with Gasteiger partial charge in [-0.05, 0) is 136 Å². The number of benzene rings is 8. The number of aryl methyl sites for hydroxylation is 3. The third-order valence-electron chi connectivity index (χ3n) is 22.1. The number of hydrogen-bond donors (Lipinski definition) is 1. The van der Waals surface area contributed by atoms with Crippen LogP contribution in [0.4, 0.5) is 45.5 Å². The molecule has 0 unspecified atom stereocenters. The van der Waals surface area contributed by atoms with Crippen molar-refractivity contribution in [2.45, 2.75) is 71.9 Å². The summed E-state index contributed by atoms with van der Waals surface area (Å²) in [5, 5.41) is 17.3. The minimum atomic E-state index is 0.611. The molecule has 8 aromatic carbocycles. The highest BCUT2D eigenvalue weighted by Gasteiger charge is 2.29. The Hall–Kier alpha value is -14.5. The minimum Gasteiger partial charge on any atom is -0.497 e. The minimum absolute atomic E-state index is 0.611. The van der Waals surface area contributed by atoms with E-state index in [0.29, 0.717) is 31.5 Å². The Labute approximate surface area is 744 Å². The van der Waals surface area contributed by atoms with E-state index >= 15 is 0 Å². The monoisotopic (exact) mass is 1720 g/mol. The first-order valence-electron chi connectivity index (χ1n) is 42.9. The summed E-state index contributed by atoms with van der Waals surface area (Å²) in [4.78, 5) is 47.1. The summed E-state index contributed by atoms with van der Waals surface area (Å²) in [6.07, 6.45) is 30.1. The summed E-state index contributed by atoms with van der Waals surface area (Å²) < 4.78 is 56.4. The largest absolute Gasteiger partial charge is 0.497 e. The standard InChI is InChI=1S/C26H30N6O2.C26H29N5O3.2C23H25N5O2/c1-33-22-10-21(11-23(13-22)34-2)32(16-18-4-5-18)20-6-7-24-25(12-20)30-26(15-28-24)19-14-29-31(17-19)9-3-8-27;1-32-9-8-30-17-19(14-28-30)26-15-27-24-7-6-20(12-25(24)29-26)31(16-18-4-5-18)21-10-22(33-2)13-23(11-21)34-3;2*1-5-8-28(18-9-19(29-3)12-20(10-18)30-4)17-6-7-21-22(11-17)26-23(14-24-21)16-13-25-27(2)15-16/h6-7,10-15,17-18H,3-5,8-9,16,27H2,1-2H3;6-7,10-15,17-18H,4-5,8-9,16H2,1-3H3;2*6-7,9-15H,5,8H2,1-4H3. The molecule has 0 amide bonds. The molecule has 2 aliphatic rings. The van der Waals surface area contributed by atoms with Crippen molar-refractivity contribution in [3.63, 3.8) is 0 Å². The summed E-state index contributed by atoms with van der Waals surface area (Å²) in [6.45, 7) is 10.6. The van der Waals surface area contributed by atoms with Gasteiger partial charge in [-0.25, -0.2) is 19.9 Å². The molecule has 0 spiro atoms. The number of rotatable bonds is 34. The highest BCUT2D eigenvalue weighted by molar-refractivity contribution is 5.87. The van der Waals surface area contributed by atoms with E-state index in [9.17, 15) is 0 Å². The van der Waals surface area contributed by atoms with Gasteiger partial charge in [-0.2, -0.15) is 20.4 Å². The molecule has 16 aromatic rings. The predicted octanol–water partition coefficient (Wildman–Crippen LogP) is 18.3. The molecule has 0 radical (unpaired) electrons. The maximum atomic E-state index is 5.62. The molecule has 128 heavy (non-hydrogen) atoms. The number of anilines is 8. The second kappa shape index (κ2) is 41.5. The molecular weight excluding hydrogens is 1620 g/mol. The molecule has 2 saturated carbocycles. The topological polar surface area (TPSA) is 296 Å². The van der Waals surface area contributed by atoms with Crippen LogP contribution in [0.3, 0.4) is 0 Å². The molecule has 0 bridgehead atoms. The average molecular weight is 1730 g/mol. The molecule has 8 heterocycles. The smallest absolute Gasteiger partial charge is 0.124 e. The lowest BCUT2D eigenvalue weighted by Crippen LogP contribution is -2.20. The first-order valence-corrected chi connectivity index (χ1v) is 42.9. The van der Waals surface area contributed by atoms with Crippen molar-refractivity contribution in [3.8, 4) is 91.0 Å². The normalized spacial score (nSPS) is 12.2. The molecular formula is C98H109N21O9. The number of ether oxygens (including phenoxy) is 9. The van der Waals surface area contributed by atoms with Crippen molar-refractivity contribution in [2.75, 3.05) is 123 Å². The van der Waals surface area contributed by atoms with Gasteiger partial charge in [0.2, 0.25) is 0 Å². The van der Waals surface area contributed by atoms with Crippen molar-refractivity contribution in [1.82, 2.24) is 79.0 Å². The summed E-state index contributed by atoms with van der Waals surface area (Å²) in [6, 6.07) is 48.6. The molecule has 2 aliphatic carbocycles.